The molecule has 0 aromatic carbocycles. The molecular formula is C16H23N5S. The highest BCUT2D eigenvalue weighted by Gasteiger charge is 2.00. The predicted octanol–water partition coefficient (Wildman–Crippen LogP) is 2.19. The summed E-state index contributed by atoms with van der Waals surface area (Å²) in [6, 6.07) is 4.05. The molecule has 6 heteroatoms. The first-order valence-corrected chi connectivity index (χ1v) is 8.42. The van der Waals surface area contributed by atoms with Gasteiger partial charge in [-0.15, -0.1) is 11.3 Å². The minimum Gasteiger partial charge on any atom is -0.357 e. The highest BCUT2D eigenvalue weighted by atomic mass is 32.1. The fraction of sp³-hybridized carbons (Fsp3) is 0.438. The Hall–Kier alpha value is -1.95. The van der Waals surface area contributed by atoms with Crippen molar-refractivity contribution in [2.75, 3.05) is 19.6 Å². The maximum atomic E-state index is 4.59. The normalized spacial score (nSPS) is 11.5. The van der Waals surface area contributed by atoms with E-state index in [2.05, 4.69) is 45.5 Å². The van der Waals surface area contributed by atoms with Crippen LogP contribution in [-0.2, 0) is 12.8 Å². The van der Waals surface area contributed by atoms with E-state index in [9.17, 15) is 0 Å². The molecule has 2 aromatic rings. The van der Waals surface area contributed by atoms with Crippen LogP contribution in [-0.4, -0.2) is 35.6 Å². The van der Waals surface area contributed by atoms with E-state index in [1.165, 1.54) is 10.4 Å². The second-order valence-electron chi connectivity index (χ2n) is 4.91. The maximum absolute atomic E-state index is 4.59. The lowest BCUT2D eigenvalue weighted by atomic mass is 10.2. The van der Waals surface area contributed by atoms with E-state index in [-0.39, 0.29) is 0 Å². The summed E-state index contributed by atoms with van der Waals surface area (Å²) in [5.74, 6) is 0.861. The molecule has 0 amide bonds. The molecule has 0 fully saturated rings. The molecule has 0 aliphatic heterocycles. The van der Waals surface area contributed by atoms with Crippen molar-refractivity contribution in [1.82, 2.24) is 20.6 Å². The van der Waals surface area contributed by atoms with Crippen LogP contribution in [0, 0.1) is 6.92 Å². The Labute approximate surface area is 135 Å². The van der Waals surface area contributed by atoms with Gasteiger partial charge in [0.1, 0.15) is 0 Å². The number of rotatable bonds is 7. The molecule has 0 atom stereocenters. The number of aliphatic imine (C=N–C) groups is 1. The van der Waals surface area contributed by atoms with Gasteiger partial charge < -0.3 is 10.6 Å². The van der Waals surface area contributed by atoms with Gasteiger partial charge in [0.25, 0.3) is 0 Å². The minimum atomic E-state index is 0.745. The van der Waals surface area contributed by atoms with Gasteiger partial charge in [0, 0.05) is 49.5 Å². The maximum Gasteiger partial charge on any atom is 0.191 e. The summed E-state index contributed by atoms with van der Waals surface area (Å²) in [7, 11) is 0. The molecule has 0 bridgehead atoms. The van der Waals surface area contributed by atoms with Gasteiger partial charge >= 0.3 is 0 Å². The van der Waals surface area contributed by atoms with Crippen molar-refractivity contribution in [3.8, 4) is 0 Å². The summed E-state index contributed by atoms with van der Waals surface area (Å²) in [6.07, 6.45) is 7.43. The summed E-state index contributed by atoms with van der Waals surface area (Å²) in [6.45, 7) is 6.59. The average molecular weight is 317 g/mol. The number of guanidine groups is 1. The largest absolute Gasteiger partial charge is 0.357 e. The molecule has 0 aliphatic rings. The van der Waals surface area contributed by atoms with Gasteiger partial charge in [-0.05, 0) is 31.9 Å². The van der Waals surface area contributed by atoms with Crippen molar-refractivity contribution in [3.05, 3.63) is 46.2 Å². The predicted molar refractivity (Wildman–Crippen MR) is 92.5 cm³/mol. The number of aryl methyl sites for hydroxylation is 1. The summed E-state index contributed by atoms with van der Waals surface area (Å²) in [4.78, 5) is 14.3. The zero-order valence-corrected chi connectivity index (χ0v) is 14.0. The summed E-state index contributed by atoms with van der Waals surface area (Å²) in [5.41, 5.74) is 1.23. The van der Waals surface area contributed by atoms with Crippen LogP contribution >= 0.6 is 11.3 Å². The first kappa shape index (κ1) is 16.4. The lowest BCUT2D eigenvalue weighted by molar-refractivity contribution is 0.794. The molecule has 0 aliphatic carbocycles. The van der Waals surface area contributed by atoms with Crippen LogP contribution in [0.5, 0.6) is 0 Å². The van der Waals surface area contributed by atoms with Gasteiger partial charge in [-0.2, -0.15) is 0 Å². The molecule has 2 aromatic heterocycles. The van der Waals surface area contributed by atoms with Crippen LogP contribution in [0.2, 0.25) is 0 Å². The Balaban J connectivity index is 1.77. The molecule has 118 valence electrons. The molecule has 2 N–H and O–H groups in total. The summed E-state index contributed by atoms with van der Waals surface area (Å²) >= 11 is 1.74. The molecule has 2 rings (SSSR count). The molecular weight excluding hydrogens is 294 g/mol. The molecule has 5 nitrogen and oxygen atoms in total. The number of pyridine rings is 1. The van der Waals surface area contributed by atoms with Crippen LogP contribution in [0.1, 0.15) is 22.4 Å². The van der Waals surface area contributed by atoms with Gasteiger partial charge in [0.2, 0.25) is 0 Å². The third-order valence-corrected chi connectivity index (χ3v) is 4.01. The Kier molecular flexibility index (Phi) is 6.83. The van der Waals surface area contributed by atoms with Crippen molar-refractivity contribution in [2.24, 2.45) is 4.99 Å². The van der Waals surface area contributed by atoms with Crippen LogP contribution in [0.4, 0.5) is 0 Å². The first-order chi connectivity index (χ1) is 10.8. The lowest BCUT2D eigenvalue weighted by Crippen LogP contribution is -2.38. The highest BCUT2D eigenvalue weighted by molar-refractivity contribution is 7.11. The summed E-state index contributed by atoms with van der Waals surface area (Å²) < 4.78 is 0. The van der Waals surface area contributed by atoms with Gasteiger partial charge in [-0.1, -0.05) is 6.07 Å². The number of nitrogens with zero attached hydrogens (tertiary/aromatic N) is 3. The minimum absolute atomic E-state index is 0.745. The quantitative estimate of drug-likeness (QED) is 0.607. The van der Waals surface area contributed by atoms with E-state index in [1.54, 1.807) is 17.5 Å². The number of aromatic nitrogens is 2. The first-order valence-electron chi connectivity index (χ1n) is 7.60. The van der Waals surface area contributed by atoms with Crippen LogP contribution in [0.15, 0.2) is 35.7 Å². The molecule has 0 spiro atoms. The van der Waals surface area contributed by atoms with E-state index in [4.69, 9.17) is 0 Å². The SMILES string of the molecule is CCNC(=NCCc1ncc(C)s1)NCCc1cccnc1. The Morgan fingerprint density at radius 2 is 2.18 bits per heavy atom. The van der Waals surface area contributed by atoms with Gasteiger partial charge in [-0.25, -0.2) is 4.98 Å². The molecule has 0 unspecified atom stereocenters. The van der Waals surface area contributed by atoms with Gasteiger partial charge in [0.15, 0.2) is 5.96 Å². The van der Waals surface area contributed by atoms with Crippen LogP contribution in [0.25, 0.3) is 0 Å². The number of hydrogen-bond acceptors (Lipinski definition) is 4. The van der Waals surface area contributed by atoms with E-state index < -0.39 is 0 Å². The van der Waals surface area contributed by atoms with Crippen molar-refractivity contribution < 1.29 is 0 Å². The van der Waals surface area contributed by atoms with Gasteiger partial charge in [0.05, 0.1) is 5.01 Å². The van der Waals surface area contributed by atoms with Crippen molar-refractivity contribution in [2.45, 2.75) is 26.7 Å². The lowest BCUT2D eigenvalue weighted by Gasteiger charge is -2.11. The van der Waals surface area contributed by atoms with Gasteiger partial charge in [-0.3, -0.25) is 9.98 Å². The molecule has 0 saturated carbocycles. The van der Waals surface area contributed by atoms with E-state index in [1.807, 2.05) is 18.5 Å². The van der Waals surface area contributed by atoms with E-state index >= 15 is 0 Å². The molecule has 0 saturated heterocycles. The number of hydrogen-bond donors (Lipinski definition) is 2. The smallest absolute Gasteiger partial charge is 0.191 e. The second kappa shape index (κ2) is 9.15. The number of nitrogens with one attached hydrogen (secondary N) is 2. The van der Waals surface area contributed by atoms with Crippen LogP contribution < -0.4 is 10.6 Å². The standard InChI is InChI=1S/C16H23N5S/c1-3-18-16(19-9-6-14-5-4-8-17-12-14)20-10-7-15-21-11-13(2)22-15/h4-5,8,11-12H,3,6-7,9-10H2,1-2H3,(H2,18,19,20). The fourth-order valence-electron chi connectivity index (χ4n) is 1.99. The fourth-order valence-corrected chi connectivity index (χ4v) is 2.77. The Morgan fingerprint density at radius 1 is 1.27 bits per heavy atom. The van der Waals surface area contributed by atoms with E-state index in [0.717, 1.165) is 43.4 Å². The van der Waals surface area contributed by atoms with Crippen molar-refractivity contribution in [1.29, 1.82) is 0 Å². The molecule has 2 heterocycles. The summed E-state index contributed by atoms with van der Waals surface area (Å²) in [5, 5.41) is 7.77. The Morgan fingerprint density at radius 3 is 2.86 bits per heavy atom. The number of thiazole rings is 1. The second-order valence-corrected chi connectivity index (χ2v) is 6.23. The Bertz CT molecular complexity index is 579. The van der Waals surface area contributed by atoms with E-state index in [0.29, 0.717) is 0 Å². The van der Waals surface area contributed by atoms with Crippen LogP contribution in [0.3, 0.4) is 0 Å². The highest BCUT2D eigenvalue weighted by Crippen LogP contribution is 2.11. The zero-order chi connectivity index (χ0) is 15.6. The van der Waals surface area contributed by atoms with Crippen molar-refractivity contribution in [3.63, 3.8) is 0 Å². The molecule has 22 heavy (non-hydrogen) atoms. The molecule has 0 radical (unpaired) electrons. The zero-order valence-electron chi connectivity index (χ0n) is 13.2. The monoisotopic (exact) mass is 317 g/mol. The van der Waals surface area contributed by atoms with Crippen molar-refractivity contribution >= 4 is 17.3 Å². The third-order valence-electron chi connectivity index (χ3n) is 3.04. The third kappa shape index (κ3) is 5.81. The topological polar surface area (TPSA) is 62.2 Å². The average Bonchev–Trinajstić information content (AvgIpc) is 2.94.